The fourth-order valence-corrected chi connectivity index (χ4v) is 3.62. The lowest BCUT2D eigenvalue weighted by Gasteiger charge is -2.18. The van der Waals surface area contributed by atoms with E-state index in [0.29, 0.717) is 18.7 Å². The number of ether oxygens (including phenoxy) is 1. The minimum Gasteiger partial charge on any atom is -0.484 e. The molecule has 3 aromatic rings. The van der Waals surface area contributed by atoms with Crippen molar-refractivity contribution in [3.8, 4) is 5.75 Å². The van der Waals surface area contributed by atoms with Crippen LogP contribution < -0.4 is 15.0 Å². The smallest absolute Gasteiger partial charge is 0.258 e. The molecule has 1 atom stereocenters. The van der Waals surface area contributed by atoms with Crippen LogP contribution in [0.15, 0.2) is 60.7 Å². The molecule has 0 radical (unpaired) electrons. The first-order chi connectivity index (χ1) is 14.0. The van der Waals surface area contributed by atoms with Gasteiger partial charge in [0.1, 0.15) is 5.75 Å². The maximum Gasteiger partial charge on any atom is 0.258 e. The molecule has 4 rings (SSSR count). The highest BCUT2D eigenvalue weighted by molar-refractivity contribution is 5.97. The van der Waals surface area contributed by atoms with Crippen LogP contribution in [-0.4, -0.2) is 31.0 Å². The highest BCUT2D eigenvalue weighted by atomic mass is 16.5. The van der Waals surface area contributed by atoms with Gasteiger partial charge >= 0.3 is 0 Å². The third-order valence-corrected chi connectivity index (χ3v) is 5.38. The predicted octanol–water partition coefficient (Wildman–Crippen LogP) is 3.76. The van der Waals surface area contributed by atoms with Gasteiger partial charge in [0.15, 0.2) is 6.61 Å². The van der Waals surface area contributed by atoms with Crippen LogP contribution >= 0.6 is 0 Å². The van der Waals surface area contributed by atoms with Gasteiger partial charge in [0, 0.05) is 18.7 Å². The molecular formula is C24H24N2O3. The van der Waals surface area contributed by atoms with Crippen molar-refractivity contribution >= 4 is 28.3 Å². The van der Waals surface area contributed by atoms with Crippen molar-refractivity contribution in [3.63, 3.8) is 0 Å². The van der Waals surface area contributed by atoms with E-state index in [1.165, 1.54) is 5.56 Å². The molecule has 1 unspecified atom stereocenters. The first kappa shape index (κ1) is 19.0. The number of fused-ring (bicyclic) bond motifs is 1. The van der Waals surface area contributed by atoms with Crippen LogP contribution in [0.4, 0.5) is 5.69 Å². The number of nitrogens with zero attached hydrogens (tertiary/aromatic N) is 1. The van der Waals surface area contributed by atoms with E-state index in [0.717, 1.165) is 22.0 Å². The molecule has 3 aromatic carbocycles. The fourth-order valence-electron chi connectivity index (χ4n) is 3.62. The summed E-state index contributed by atoms with van der Waals surface area (Å²) in [5.41, 5.74) is 3.21. The molecule has 2 amide bonds. The van der Waals surface area contributed by atoms with E-state index in [2.05, 4.69) is 5.32 Å². The van der Waals surface area contributed by atoms with Crippen LogP contribution in [0.2, 0.25) is 0 Å². The Morgan fingerprint density at radius 2 is 1.83 bits per heavy atom. The van der Waals surface area contributed by atoms with Gasteiger partial charge < -0.3 is 15.0 Å². The maximum absolute atomic E-state index is 12.4. The average molecular weight is 388 g/mol. The Morgan fingerprint density at radius 1 is 1.03 bits per heavy atom. The van der Waals surface area contributed by atoms with E-state index in [-0.39, 0.29) is 24.5 Å². The standard InChI is InChI=1S/C24H24N2O3/c1-16-7-9-21(11-17(16)2)26-14-20(13-24(26)28)25-23(27)15-29-22-10-8-18-5-3-4-6-19(18)12-22/h3-12,20H,13-15H2,1-2H3,(H,25,27). The fraction of sp³-hybridized carbons (Fsp3) is 0.250. The number of hydrogen-bond donors (Lipinski definition) is 1. The number of hydrogen-bond acceptors (Lipinski definition) is 3. The highest BCUT2D eigenvalue weighted by Crippen LogP contribution is 2.24. The van der Waals surface area contributed by atoms with E-state index in [1.54, 1.807) is 4.90 Å². The number of amides is 2. The molecule has 0 bridgehead atoms. The van der Waals surface area contributed by atoms with Crippen LogP contribution in [0.25, 0.3) is 10.8 Å². The van der Waals surface area contributed by atoms with E-state index in [9.17, 15) is 9.59 Å². The molecule has 1 N–H and O–H groups in total. The Kier molecular flexibility index (Phi) is 5.21. The molecule has 148 valence electrons. The van der Waals surface area contributed by atoms with Crippen molar-refractivity contribution in [2.24, 2.45) is 0 Å². The molecular weight excluding hydrogens is 364 g/mol. The molecule has 1 aliphatic heterocycles. The summed E-state index contributed by atoms with van der Waals surface area (Å²) in [6.45, 7) is 4.47. The lowest BCUT2D eigenvalue weighted by Crippen LogP contribution is -2.39. The van der Waals surface area contributed by atoms with Crippen molar-refractivity contribution in [1.29, 1.82) is 0 Å². The van der Waals surface area contributed by atoms with Gasteiger partial charge in [-0.1, -0.05) is 36.4 Å². The van der Waals surface area contributed by atoms with Gasteiger partial charge in [-0.2, -0.15) is 0 Å². The average Bonchev–Trinajstić information content (AvgIpc) is 3.08. The zero-order valence-electron chi connectivity index (χ0n) is 16.6. The maximum atomic E-state index is 12.4. The zero-order valence-corrected chi connectivity index (χ0v) is 16.6. The number of nitrogens with one attached hydrogen (secondary N) is 1. The minimum absolute atomic E-state index is 0.0222. The van der Waals surface area contributed by atoms with Gasteiger partial charge in [-0.15, -0.1) is 0 Å². The van der Waals surface area contributed by atoms with Gasteiger partial charge in [-0.05, 0) is 60.0 Å². The monoisotopic (exact) mass is 388 g/mol. The highest BCUT2D eigenvalue weighted by Gasteiger charge is 2.31. The van der Waals surface area contributed by atoms with Gasteiger partial charge in [0.05, 0.1) is 6.04 Å². The van der Waals surface area contributed by atoms with Crippen molar-refractivity contribution < 1.29 is 14.3 Å². The summed E-state index contributed by atoms with van der Waals surface area (Å²) in [5, 5.41) is 5.11. The van der Waals surface area contributed by atoms with Gasteiger partial charge in [0.25, 0.3) is 5.91 Å². The lowest BCUT2D eigenvalue weighted by atomic mass is 10.1. The normalized spacial score (nSPS) is 16.3. The molecule has 0 aromatic heterocycles. The van der Waals surface area contributed by atoms with E-state index < -0.39 is 0 Å². The molecule has 1 heterocycles. The van der Waals surface area contributed by atoms with E-state index in [4.69, 9.17) is 4.74 Å². The Hall–Kier alpha value is -3.34. The van der Waals surface area contributed by atoms with Crippen molar-refractivity contribution in [2.45, 2.75) is 26.3 Å². The van der Waals surface area contributed by atoms with E-state index >= 15 is 0 Å². The van der Waals surface area contributed by atoms with Crippen molar-refractivity contribution in [2.75, 3.05) is 18.1 Å². The van der Waals surface area contributed by atoms with Crippen LogP contribution in [0, 0.1) is 13.8 Å². The number of carbonyl (C=O) groups excluding carboxylic acids is 2. The minimum atomic E-state index is -0.224. The number of rotatable bonds is 5. The molecule has 0 aliphatic carbocycles. The Morgan fingerprint density at radius 3 is 2.62 bits per heavy atom. The summed E-state index contributed by atoms with van der Waals surface area (Å²) in [4.78, 5) is 26.5. The largest absolute Gasteiger partial charge is 0.484 e. The third-order valence-electron chi connectivity index (χ3n) is 5.38. The first-order valence-corrected chi connectivity index (χ1v) is 9.78. The molecule has 1 fully saturated rings. The second kappa shape index (κ2) is 7.95. The molecule has 0 spiro atoms. The van der Waals surface area contributed by atoms with Crippen LogP contribution in [0.3, 0.4) is 0 Å². The molecule has 1 aliphatic rings. The van der Waals surface area contributed by atoms with Gasteiger partial charge in [-0.25, -0.2) is 0 Å². The Bertz CT molecular complexity index is 1080. The zero-order chi connectivity index (χ0) is 20.4. The lowest BCUT2D eigenvalue weighted by molar-refractivity contribution is -0.123. The summed E-state index contributed by atoms with van der Waals surface area (Å²) < 4.78 is 5.64. The number of benzene rings is 3. The van der Waals surface area contributed by atoms with Crippen LogP contribution in [0.5, 0.6) is 5.75 Å². The quantitative estimate of drug-likeness (QED) is 0.724. The first-order valence-electron chi connectivity index (χ1n) is 9.78. The summed E-state index contributed by atoms with van der Waals surface area (Å²) in [6, 6.07) is 19.5. The molecule has 5 heteroatoms. The van der Waals surface area contributed by atoms with Gasteiger partial charge in [0.2, 0.25) is 5.91 Å². The second-order valence-corrected chi connectivity index (χ2v) is 7.54. The van der Waals surface area contributed by atoms with Gasteiger partial charge in [-0.3, -0.25) is 9.59 Å². The Balaban J connectivity index is 1.33. The number of carbonyl (C=O) groups is 2. The summed E-state index contributed by atoms with van der Waals surface area (Å²) >= 11 is 0. The second-order valence-electron chi connectivity index (χ2n) is 7.54. The summed E-state index contributed by atoms with van der Waals surface area (Å²) in [5.74, 6) is 0.449. The van der Waals surface area contributed by atoms with Crippen LogP contribution in [0.1, 0.15) is 17.5 Å². The molecule has 0 saturated carbocycles. The summed E-state index contributed by atoms with van der Waals surface area (Å²) in [7, 11) is 0. The summed E-state index contributed by atoms with van der Waals surface area (Å²) in [6.07, 6.45) is 0.300. The number of aryl methyl sites for hydroxylation is 2. The number of anilines is 1. The van der Waals surface area contributed by atoms with Crippen molar-refractivity contribution in [1.82, 2.24) is 5.32 Å². The third kappa shape index (κ3) is 4.24. The topological polar surface area (TPSA) is 58.6 Å². The SMILES string of the molecule is Cc1ccc(N2CC(NC(=O)COc3ccc4ccccc4c3)CC2=O)cc1C. The van der Waals surface area contributed by atoms with Crippen molar-refractivity contribution in [3.05, 3.63) is 71.8 Å². The predicted molar refractivity (Wildman–Crippen MR) is 114 cm³/mol. The Labute approximate surface area is 170 Å². The molecule has 5 nitrogen and oxygen atoms in total. The molecule has 29 heavy (non-hydrogen) atoms. The van der Waals surface area contributed by atoms with Crippen LogP contribution in [-0.2, 0) is 9.59 Å². The van der Waals surface area contributed by atoms with E-state index in [1.807, 2.05) is 74.5 Å². The molecule has 1 saturated heterocycles.